The van der Waals surface area contributed by atoms with Gasteiger partial charge in [0.15, 0.2) is 6.73 Å². The average Bonchev–Trinajstić information content (AvgIpc) is 4.12. The molecule has 3 aromatic rings. The second-order valence-electron chi connectivity index (χ2n) is 17.0. The minimum Gasteiger partial charge on any atom is -0.472 e. The largest absolute Gasteiger partial charge is 0.472 e. The average molecular weight is 851 g/mol. The molecular formula is C47H62N8O7. The molecule has 0 spiro atoms. The molecule has 0 saturated carbocycles. The number of ether oxygens (including phenoxy) is 3. The van der Waals surface area contributed by atoms with E-state index in [1.807, 2.05) is 43.0 Å². The fourth-order valence-electron chi connectivity index (χ4n) is 9.24. The Bertz CT molecular complexity index is 2260. The van der Waals surface area contributed by atoms with Crippen LogP contribution in [-0.4, -0.2) is 102 Å². The third kappa shape index (κ3) is 9.12. The summed E-state index contributed by atoms with van der Waals surface area (Å²) >= 11 is 0. The van der Waals surface area contributed by atoms with Gasteiger partial charge in [0, 0.05) is 47.7 Å². The lowest BCUT2D eigenvalue weighted by Gasteiger charge is -2.34. The van der Waals surface area contributed by atoms with Gasteiger partial charge in [0.2, 0.25) is 11.8 Å². The highest BCUT2D eigenvalue weighted by Gasteiger charge is 2.41. The van der Waals surface area contributed by atoms with Gasteiger partial charge in [-0.05, 0) is 92.8 Å². The highest BCUT2D eigenvalue weighted by Crippen LogP contribution is 2.40. The Morgan fingerprint density at radius 3 is 2.45 bits per heavy atom. The maximum atomic E-state index is 13.7. The zero-order chi connectivity index (χ0) is 44.1. The number of likely N-dealkylation sites (tertiary alicyclic amines) is 2. The van der Waals surface area contributed by atoms with Gasteiger partial charge in [-0.2, -0.15) is 0 Å². The number of benzene rings is 2. The topological polar surface area (TPSA) is 168 Å². The lowest BCUT2D eigenvalue weighted by Crippen LogP contribution is -2.57. The lowest BCUT2D eigenvalue weighted by molar-refractivity contribution is -0.136. The molecule has 0 aliphatic carbocycles. The van der Waals surface area contributed by atoms with Gasteiger partial charge in [0.25, 0.3) is 0 Å². The van der Waals surface area contributed by atoms with E-state index in [0.717, 1.165) is 101 Å². The van der Waals surface area contributed by atoms with Crippen LogP contribution in [0.5, 0.6) is 5.75 Å². The van der Waals surface area contributed by atoms with Crippen LogP contribution >= 0.6 is 0 Å². The molecule has 0 bridgehead atoms. The van der Waals surface area contributed by atoms with Crippen molar-refractivity contribution in [1.82, 2.24) is 35.6 Å². The first kappa shape index (κ1) is 44.1. The SMILES string of the molecule is CCCC[C@@H](NC(=O)OC)C(=O)N1CCC[C@H]1C(C)=N/C=C(\CC)c1ccc2c(c1)cc1n2COc2cc(C3=CNC([C@@H]4CCCN4C(=O)[C@@H](NC(=O)OC)C(C)C)N3)ccc2-1. The Labute approximate surface area is 364 Å². The van der Waals surface area contributed by atoms with E-state index in [4.69, 9.17) is 19.2 Å². The molecule has 1 unspecified atom stereocenters. The maximum absolute atomic E-state index is 13.7. The van der Waals surface area contributed by atoms with Crippen molar-refractivity contribution in [3.05, 3.63) is 66.0 Å². The minimum absolute atomic E-state index is 0.0858. The van der Waals surface area contributed by atoms with E-state index in [0.29, 0.717) is 26.2 Å². The summed E-state index contributed by atoms with van der Waals surface area (Å²) in [6, 6.07) is 13.4. The first-order chi connectivity index (χ1) is 30.0. The number of unbranched alkanes of at least 4 members (excludes halogenated alkanes) is 1. The zero-order valence-electron chi connectivity index (χ0n) is 37.1. The summed E-state index contributed by atoms with van der Waals surface area (Å²) in [5.41, 5.74) is 8.10. The van der Waals surface area contributed by atoms with Crippen LogP contribution in [0.2, 0.25) is 0 Å². The Balaban J connectivity index is 1.04. The van der Waals surface area contributed by atoms with E-state index < -0.39 is 24.3 Å². The Kier molecular flexibility index (Phi) is 13.8. The van der Waals surface area contributed by atoms with Gasteiger partial charge in [0.1, 0.15) is 24.0 Å². The number of alkyl carbamates (subject to hydrolysis) is 2. The number of carbonyl (C=O) groups excluding carboxylic acids is 4. The zero-order valence-corrected chi connectivity index (χ0v) is 37.1. The fraction of sp³-hybridized carbons (Fsp3) is 0.511. The molecule has 62 heavy (non-hydrogen) atoms. The van der Waals surface area contributed by atoms with E-state index in [-0.39, 0.29) is 36.0 Å². The van der Waals surface area contributed by atoms with Gasteiger partial charge in [-0.1, -0.05) is 52.7 Å². The summed E-state index contributed by atoms with van der Waals surface area (Å²) in [6.07, 6.45) is 9.02. The minimum atomic E-state index is -0.674. The predicted molar refractivity (Wildman–Crippen MR) is 240 cm³/mol. The molecule has 332 valence electrons. The number of nitrogens with one attached hydrogen (secondary N) is 4. The summed E-state index contributed by atoms with van der Waals surface area (Å²) in [4.78, 5) is 60.2. The number of aliphatic imine (C=N–C) groups is 1. The van der Waals surface area contributed by atoms with Crippen LogP contribution in [0.1, 0.15) is 97.1 Å². The molecule has 5 heterocycles. The molecule has 4 amide bonds. The number of carbonyl (C=O) groups is 4. The molecule has 1 aromatic heterocycles. The summed E-state index contributed by atoms with van der Waals surface area (Å²) < 4.78 is 18.2. The molecule has 4 aliphatic heterocycles. The number of rotatable bonds is 14. The Morgan fingerprint density at radius 2 is 1.71 bits per heavy atom. The van der Waals surface area contributed by atoms with Crippen molar-refractivity contribution in [3.63, 3.8) is 0 Å². The van der Waals surface area contributed by atoms with Crippen molar-refractivity contribution in [2.75, 3.05) is 27.3 Å². The molecule has 15 nitrogen and oxygen atoms in total. The number of methoxy groups -OCH3 is 2. The van der Waals surface area contributed by atoms with Crippen LogP contribution in [0.3, 0.4) is 0 Å². The lowest BCUT2D eigenvalue weighted by atomic mass is 10.0. The van der Waals surface area contributed by atoms with Gasteiger partial charge in [-0.15, -0.1) is 0 Å². The molecule has 0 radical (unpaired) electrons. The molecule has 2 saturated heterocycles. The second-order valence-corrected chi connectivity index (χ2v) is 17.0. The Hall–Kier alpha value is -5.99. The Morgan fingerprint density at radius 1 is 0.952 bits per heavy atom. The summed E-state index contributed by atoms with van der Waals surface area (Å²) in [6.45, 7) is 11.6. The van der Waals surface area contributed by atoms with E-state index in [1.54, 1.807) is 0 Å². The number of fused-ring (bicyclic) bond motifs is 5. The number of allylic oxidation sites excluding steroid dienone is 1. The number of amides is 4. The van der Waals surface area contributed by atoms with Crippen LogP contribution in [0.4, 0.5) is 9.59 Å². The molecular weight excluding hydrogens is 789 g/mol. The van der Waals surface area contributed by atoms with Crippen molar-refractivity contribution in [2.45, 2.75) is 123 Å². The third-order valence-corrected chi connectivity index (χ3v) is 12.7. The molecule has 2 aromatic carbocycles. The molecule has 2 fully saturated rings. The van der Waals surface area contributed by atoms with Gasteiger partial charge in [0.05, 0.1) is 43.2 Å². The summed E-state index contributed by atoms with van der Waals surface area (Å²) in [5.74, 6) is 0.509. The first-order valence-corrected chi connectivity index (χ1v) is 22.1. The standard InChI is InChI=1S/C47H62N8O7/c1-8-10-13-35(51-46(58)60-6)44(56)53-20-11-14-37(53)29(5)48-25-30(9-2)31-17-19-38-33(22-31)23-40-34-18-16-32(24-41(34)62-27-55(38)40)36-26-49-43(50-36)39-15-12-21-54(39)45(57)42(28(3)4)52-47(59)61-7/h16-19,22-26,28,35,37,39,42-43,49-50H,8-15,20-21,27H2,1-7H3,(H,51,58)(H,52,59)/b30-25+,48-29?/t35-,37+,39+,42+,43?/m1/s1. The number of aromatic nitrogens is 1. The predicted octanol–water partition coefficient (Wildman–Crippen LogP) is 6.96. The van der Waals surface area contributed by atoms with E-state index in [2.05, 4.69) is 82.1 Å². The number of nitrogens with zero attached hydrogens (tertiary/aromatic N) is 4. The van der Waals surface area contributed by atoms with E-state index in [9.17, 15) is 19.2 Å². The van der Waals surface area contributed by atoms with Gasteiger partial charge < -0.3 is 49.8 Å². The number of hydrogen-bond acceptors (Lipinski definition) is 10. The highest BCUT2D eigenvalue weighted by atomic mass is 16.5. The van der Waals surface area contributed by atoms with Gasteiger partial charge in [-0.3, -0.25) is 14.6 Å². The van der Waals surface area contributed by atoms with Crippen molar-refractivity contribution >= 4 is 51.9 Å². The third-order valence-electron chi connectivity index (χ3n) is 12.7. The highest BCUT2D eigenvalue weighted by molar-refractivity contribution is 5.95. The molecule has 15 heteroatoms. The quantitative estimate of drug-likeness (QED) is 0.125. The smallest absolute Gasteiger partial charge is 0.407 e. The number of hydrogen-bond donors (Lipinski definition) is 4. The van der Waals surface area contributed by atoms with Crippen LogP contribution in [-0.2, 0) is 25.8 Å². The molecule has 5 atom stereocenters. The second kappa shape index (κ2) is 19.4. The van der Waals surface area contributed by atoms with E-state index >= 15 is 0 Å². The summed E-state index contributed by atoms with van der Waals surface area (Å²) in [7, 11) is 2.61. The van der Waals surface area contributed by atoms with E-state index in [1.165, 1.54) is 14.2 Å². The maximum Gasteiger partial charge on any atom is 0.407 e. The van der Waals surface area contributed by atoms with Crippen LogP contribution < -0.4 is 26.0 Å². The van der Waals surface area contributed by atoms with Gasteiger partial charge in [-0.25, -0.2) is 9.59 Å². The first-order valence-electron chi connectivity index (χ1n) is 22.1. The molecule has 7 rings (SSSR count). The van der Waals surface area contributed by atoms with Gasteiger partial charge >= 0.3 is 12.2 Å². The van der Waals surface area contributed by atoms with Crippen LogP contribution in [0.15, 0.2) is 59.9 Å². The molecule has 4 aliphatic rings. The van der Waals surface area contributed by atoms with Crippen LogP contribution in [0, 0.1) is 5.92 Å². The molecule has 4 N–H and O–H groups in total. The van der Waals surface area contributed by atoms with Crippen molar-refractivity contribution in [2.24, 2.45) is 10.9 Å². The van der Waals surface area contributed by atoms with Crippen molar-refractivity contribution in [3.8, 4) is 17.0 Å². The monoisotopic (exact) mass is 850 g/mol. The summed E-state index contributed by atoms with van der Waals surface area (Å²) in [5, 5.41) is 13.7. The van der Waals surface area contributed by atoms with Crippen LogP contribution in [0.25, 0.3) is 33.4 Å². The van der Waals surface area contributed by atoms with Crippen molar-refractivity contribution in [1.29, 1.82) is 0 Å². The normalized spacial score (nSPS) is 20.7. The fourth-order valence-corrected chi connectivity index (χ4v) is 9.24. The van der Waals surface area contributed by atoms with Crippen molar-refractivity contribution < 1.29 is 33.4 Å².